The molecule has 2 heterocycles. The lowest BCUT2D eigenvalue weighted by Gasteiger charge is -2.24. The number of rotatable bonds is 5. The number of aliphatic carboxylic acids is 1. The van der Waals surface area contributed by atoms with E-state index < -0.39 is 23.9 Å². The third-order valence-electron chi connectivity index (χ3n) is 3.53. The van der Waals surface area contributed by atoms with Gasteiger partial charge in [-0.15, -0.1) is 0 Å². The average molecular weight is 292 g/mol. The zero-order chi connectivity index (χ0) is 15.4. The number of nitrogens with zero attached hydrogens (tertiary/aromatic N) is 2. The number of likely N-dealkylation sites (tertiary alicyclic amines) is 1. The number of aromatic nitrogens is 1. The monoisotopic (exact) mass is 292 g/mol. The van der Waals surface area contributed by atoms with E-state index in [-0.39, 0.29) is 25.3 Å². The normalized spacial score (nSPS) is 19.4. The van der Waals surface area contributed by atoms with Gasteiger partial charge >= 0.3 is 11.9 Å². The lowest BCUT2D eigenvalue weighted by molar-refractivity contribution is -0.148. The molecule has 0 aliphatic carbocycles. The number of methoxy groups -OCH3 is 1. The fourth-order valence-corrected chi connectivity index (χ4v) is 2.43. The number of carboxylic acids is 1. The zero-order valence-corrected chi connectivity index (χ0v) is 11.6. The minimum atomic E-state index is -1.09. The van der Waals surface area contributed by atoms with Crippen molar-refractivity contribution >= 4 is 17.8 Å². The highest BCUT2D eigenvalue weighted by Crippen LogP contribution is 2.23. The van der Waals surface area contributed by atoms with Crippen LogP contribution in [0.15, 0.2) is 24.5 Å². The van der Waals surface area contributed by atoms with Gasteiger partial charge in [0.1, 0.15) is 6.04 Å². The standard InChI is InChI=1S/C14H16N2O5/c1-21-14(20)10-7-12(17)16(8-10)11(13(18)19)6-9-2-4-15-5-3-9/h2-5,10-11H,6-8H2,1H3,(H,18,19). The number of pyridine rings is 1. The Labute approximate surface area is 121 Å². The van der Waals surface area contributed by atoms with Gasteiger partial charge in [0.2, 0.25) is 5.91 Å². The van der Waals surface area contributed by atoms with Crippen LogP contribution in [-0.2, 0) is 25.5 Å². The number of hydrogen-bond donors (Lipinski definition) is 1. The fourth-order valence-electron chi connectivity index (χ4n) is 2.43. The molecule has 1 aliphatic heterocycles. The van der Waals surface area contributed by atoms with Gasteiger partial charge in [-0.25, -0.2) is 4.79 Å². The second kappa shape index (κ2) is 6.34. The first-order valence-electron chi connectivity index (χ1n) is 6.52. The van der Waals surface area contributed by atoms with Crippen LogP contribution >= 0.6 is 0 Å². The number of esters is 1. The highest BCUT2D eigenvalue weighted by atomic mass is 16.5. The molecule has 2 rings (SSSR count). The first-order chi connectivity index (χ1) is 10.0. The molecule has 7 nitrogen and oxygen atoms in total. The van der Waals surface area contributed by atoms with Gasteiger partial charge < -0.3 is 14.7 Å². The van der Waals surface area contributed by atoms with Gasteiger partial charge in [-0.05, 0) is 17.7 Å². The highest BCUT2D eigenvalue weighted by Gasteiger charge is 2.40. The quantitative estimate of drug-likeness (QED) is 0.773. The Balaban J connectivity index is 2.14. The van der Waals surface area contributed by atoms with E-state index in [4.69, 9.17) is 0 Å². The van der Waals surface area contributed by atoms with Crippen molar-refractivity contribution in [3.05, 3.63) is 30.1 Å². The maximum absolute atomic E-state index is 12.0. The highest BCUT2D eigenvalue weighted by molar-refractivity contribution is 5.90. The summed E-state index contributed by atoms with van der Waals surface area (Å²) in [4.78, 5) is 40.0. The molecule has 1 amide bonds. The van der Waals surface area contributed by atoms with Crippen LogP contribution in [0.25, 0.3) is 0 Å². The molecule has 21 heavy (non-hydrogen) atoms. The summed E-state index contributed by atoms with van der Waals surface area (Å²) in [5.74, 6) is -2.52. The maximum Gasteiger partial charge on any atom is 0.326 e. The van der Waals surface area contributed by atoms with Crippen LogP contribution in [0.1, 0.15) is 12.0 Å². The van der Waals surface area contributed by atoms with Crippen molar-refractivity contribution in [3.8, 4) is 0 Å². The SMILES string of the molecule is COC(=O)C1CC(=O)N(C(Cc2ccncc2)C(=O)O)C1. The minimum Gasteiger partial charge on any atom is -0.480 e. The number of ether oxygens (including phenoxy) is 1. The first kappa shape index (κ1) is 15.0. The van der Waals surface area contributed by atoms with Gasteiger partial charge in [0.15, 0.2) is 0 Å². The molecule has 0 spiro atoms. The van der Waals surface area contributed by atoms with Gasteiger partial charge in [0, 0.05) is 31.8 Å². The molecule has 2 atom stereocenters. The minimum absolute atomic E-state index is 0.00714. The van der Waals surface area contributed by atoms with E-state index in [0.29, 0.717) is 0 Å². The van der Waals surface area contributed by atoms with Crippen LogP contribution in [0.4, 0.5) is 0 Å². The summed E-state index contributed by atoms with van der Waals surface area (Å²) in [5, 5.41) is 9.37. The zero-order valence-electron chi connectivity index (χ0n) is 11.6. The van der Waals surface area contributed by atoms with Crippen molar-refractivity contribution in [3.63, 3.8) is 0 Å². The van der Waals surface area contributed by atoms with E-state index in [2.05, 4.69) is 9.72 Å². The van der Waals surface area contributed by atoms with Crippen molar-refractivity contribution in [2.24, 2.45) is 5.92 Å². The Hall–Kier alpha value is -2.44. The molecule has 1 fully saturated rings. The number of carbonyl (C=O) groups excluding carboxylic acids is 2. The second-order valence-corrected chi connectivity index (χ2v) is 4.88. The third kappa shape index (κ3) is 3.36. The Bertz CT molecular complexity index is 546. The Kier molecular flexibility index (Phi) is 4.52. The number of carbonyl (C=O) groups is 3. The number of carboxylic acid groups (broad SMARTS) is 1. The third-order valence-corrected chi connectivity index (χ3v) is 3.53. The molecule has 0 radical (unpaired) electrons. The molecular weight excluding hydrogens is 276 g/mol. The van der Waals surface area contributed by atoms with E-state index >= 15 is 0 Å². The van der Waals surface area contributed by atoms with Gasteiger partial charge in [-0.1, -0.05) is 0 Å². The van der Waals surface area contributed by atoms with E-state index in [9.17, 15) is 19.5 Å². The predicted octanol–water partition coefficient (Wildman–Crippen LogP) is 0.0988. The van der Waals surface area contributed by atoms with Gasteiger partial charge in [0.25, 0.3) is 0 Å². The van der Waals surface area contributed by atoms with Gasteiger partial charge in [-0.2, -0.15) is 0 Å². The summed E-state index contributed by atoms with van der Waals surface area (Å²) >= 11 is 0. The fraction of sp³-hybridized carbons (Fsp3) is 0.429. The molecule has 1 saturated heterocycles. The molecule has 112 valence electrons. The predicted molar refractivity (Wildman–Crippen MR) is 71.2 cm³/mol. The second-order valence-electron chi connectivity index (χ2n) is 4.88. The Morgan fingerprint density at radius 1 is 1.48 bits per heavy atom. The van der Waals surface area contributed by atoms with Crippen molar-refractivity contribution in [1.82, 2.24) is 9.88 Å². The van der Waals surface area contributed by atoms with E-state index in [1.165, 1.54) is 12.0 Å². The van der Waals surface area contributed by atoms with Crippen molar-refractivity contribution < 1.29 is 24.2 Å². The van der Waals surface area contributed by atoms with Crippen molar-refractivity contribution in [2.75, 3.05) is 13.7 Å². The summed E-state index contributed by atoms with van der Waals surface area (Å²) < 4.78 is 4.62. The van der Waals surface area contributed by atoms with Crippen LogP contribution in [0.5, 0.6) is 0 Å². The van der Waals surface area contributed by atoms with Gasteiger partial charge in [-0.3, -0.25) is 14.6 Å². The van der Waals surface area contributed by atoms with Crippen molar-refractivity contribution in [2.45, 2.75) is 18.9 Å². The summed E-state index contributed by atoms with van der Waals surface area (Å²) in [5.41, 5.74) is 0.770. The molecular formula is C14H16N2O5. The van der Waals surface area contributed by atoms with Gasteiger partial charge in [0.05, 0.1) is 13.0 Å². The summed E-state index contributed by atoms with van der Waals surface area (Å²) in [6.07, 6.45) is 3.30. The topological polar surface area (TPSA) is 96.8 Å². The lowest BCUT2D eigenvalue weighted by Crippen LogP contribution is -2.44. The summed E-state index contributed by atoms with van der Waals surface area (Å²) in [6, 6.07) is 2.41. The van der Waals surface area contributed by atoms with Crippen LogP contribution in [-0.4, -0.2) is 52.5 Å². The lowest BCUT2D eigenvalue weighted by atomic mass is 10.1. The van der Waals surface area contributed by atoms with Crippen LogP contribution < -0.4 is 0 Å². The number of amides is 1. The van der Waals surface area contributed by atoms with E-state index in [0.717, 1.165) is 5.56 Å². The van der Waals surface area contributed by atoms with E-state index in [1.807, 2.05) is 0 Å². The smallest absolute Gasteiger partial charge is 0.326 e. The summed E-state index contributed by atoms with van der Waals surface area (Å²) in [6.45, 7) is 0.0769. The molecule has 1 N–H and O–H groups in total. The molecule has 1 aliphatic rings. The van der Waals surface area contributed by atoms with Crippen LogP contribution in [0.3, 0.4) is 0 Å². The molecule has 1 aromatic heterocycles. The molecule has 0 bridgehead atoms. The van der Waals surface area contributed by atoms with Crippen LogP contribution in [0, 0.1) is 5.92 Å². The Morgan fingerprint density at radius 2 is 2.14 bits per heavy atom. The van der Waals surface area contributed by atoms with Crippen molar-refractivity contribution in [1.29, 1.82) is 0 Å². The molecule has 1 aromatic rings. The maximum atomic E-state index is 12.0. The molecule has 7 heteroatoms. The number of hydrogen-bond acceptors (Lipinski definition) is 5. The summed E-state index contributed by atoms with van der Waals surface area (Å²) in [7, 11) is 1.25. The Morgan fingerprint density at radius 3 is 2.71 bits per heavy atom. The molecule has 0 aromatic carbocycles. The first-order valence-corrected chi connectivity index (χ1v) is 6.52. The molecule has 0 saturated carbocycles. The largest absolute Gasteiger partial charge is 0.480 e. The molecule has 2 unspecified atom stereocenters. The van der Waals surface area contributed by atoms with Crippen LogP contribution in [0.2, 0.25) is 0 Å². The van der Waals surface area contributed by atoms with E-state index in [1.54, 1.807) is 24.5 Å². The average Bonchev–Trinajstić information content (AvgIpc) is 2.86.